The van der Waals surface area contributed by atoms with E-state index in [-0.39, 0.29) is 6.09 Å². The Morgan fingerprint density at radius 1 is 1.56 bits per heavy atom. The fourth-order valence-corrected chi connectivity index (χ4v) is 2.56. The topological polar surface area (TPSA) is 55.6 Å². The highest BCUT2D eigenvalue weighted by atomic mass is 16.6. The Bertz CT molecular complexity index is 298. The fourth-order valence-electron chi connectivity index (χ4n) is 2.56. The van der Waals surface area contributed by atoms with Crippen LogP contribution in [0.1, 0.15) is 33.6 Å². The Labute approximate surface area is 97.1 Å². The molecule has 92 valence electrons. The summed E-state index contributed by atoms with van der Waals surface area (Å²) in [7, 11) is 0. The molecule has 0 aromatic rings. The largest absolute Gasteiger partial charge is 0.444 e. The number of ether oxygens (including phenoxy) is 1. The average molecular weight is 226 g/mol. The number of hydrogen-bond donors (Lipinski definition) is 1. The number of rotatable bonds is 1. The van der Waals surface area contributed by atoms with Crippen molar-refractivity contribution in [3.8, 4) is 0 Å². The molecule has 0 spiro atoms. The van der Waals surface area contributed by atoms with Crippen LogP contribution in [0.2, 0.25) is 0 Å². The molecule has 2 N–H and O–H groups in total. The van der Waals surface area contributed by atoms with Crippen molar-refractivity contribution in [2.24, 2.45) is 17.1 Å². The van der Waals surface area contributed by atoms with E-state index in [1.165, 1.54) is 6.42 Å². The number of nitrogens with two attached hydrogens (primary N) is 1. The van der Waals surface area contributed by atoms with Crippen molar-refractivity contribution in [1.29, 1.82) is 0 Å². The van der Waals surface area contributed by atoms with Gasteiger partial charge in [0.1, 0.15) is 5.60 Å². The molecule has 0 radical (unpaired) electrons. The van der Waals surface area contributed by atoms with E-state index in [9.17, 15) is 4.79 Å². The van der Waals surface area contributed by atoms with E-state index in [0.717, 1.165) is 26.1 Å². The Balaban J connectivity index is 1.87. The minimum absolute atomic E-state index is 0.176. The predicted octanol–water partition coefficient (Wildman–Crippen LogP) is 1.59. The van der Waals surface area contributed by atoms with E-state index in [2.05, 4.69) is 0 Å². The second kappa shape index (κ2) is 3.62. The van der Waals surface area contributed by atoms with Gasteiger partial charge in [0.25, 0.3) is 0 Å². The zero-order valence-electron chi connectivity index (χ0n) is 10.5. The van der Waals surface area contributed by atoms with Gasteiger partial charge >= 0.3 is 6.09 Å². The van der Waals surface area contributed by atoms with Crippen molar-refractivity contribution in [1.82, 2.24) is 4.90 Å². The van der Waals surface area contributed by atoms with E-state index in [0.29, 0.717) is 11.3 Å². The van der Waals surface area contributed by atoms with E-state index in [4.69, 9.17) is 10.5 Å². The molecule has 1 aliphatic heterocycles. The summed E-state index contributed by atoms with van der Waals surface area (Å²) >= 11 is 0. The molecule has 4 heteroatoms. The van der Waals surface area contributed by atoms with E-state index < -0.39 is 5.60 Å². The van der Waals surface area contributed by atoms with Crippen molar-refractivity contribution < 1.29 is 9.53 Å². The first kappa shape index (κ1) is 11.7. The molecule has 1 amide bonds. The number of piperidine rings is 1. The molecule has 2 rings (SSSR count). The molecule has 1 saturated carbocycles. The zero-order chi connectivity index (χ0) is 12.0. The van der Waals surface area contributed by atoms with Gasteiger partial charge in [-0.1, -0.05) is 0 Å². The van der Waals surface area contributed by atoms with Crippen LogP contribution >= 0.6 is 0 Å². The van der Waals surface area contributed by atoms with Crippen LogP contribution in [0.15, 0.2) is 0 Å². The third kappa shape index (κ3) is 2.17. The minimum atomic E-state index is -0.400. The minimum Gasteiger partial charge on any atom is -0.444 e. The zero-order valence-corrected chi connectivity index (χ0v) is 10.5. The molecule has 2 fully saturated rings. The van der Waals surface area contributed by atoms with Gasteiger partial charge in [-0.3, -0.25) is 0 Å². The van der Waals surface area contributed by atoms with Gasteiger partial charge in [-0.15, -0.1) is 0 Å². The molecular weight excluding hydrogens is 204 g/mol. The summed E-state index contributed by atoms with van der Waals surface area (Å²) in [6.45, 7) is 8.08. The number of fused-ring (bicyclic) bond motifs is 1. The monoisotopic (exact) mass is 226 g/mol. The summed E-state index contributed by atoms with van der Waals surface area (Å²) < 4.78 is 5.37. The third-order valence-corrected chi connectivity index (χ3v) is 3.74. The molecule has 0 bridgehead atoms. The predicted molar refractivity (Wildman–Crippen MR) is 62.0 cm³/mol. The van der Waals surface area contributed by atoms with Crippen LogP contribution in [-0.4, -0.2) is 36.2 Å². The molecule has 1 aliphatic carbocycles. The Morgan fingerprint density at radius 2 is 2.25 bits per heavy atom. The lowest BCUT2D eigenvalue weighted by atomic mass is 9.96. The molecule has 2 atom stereocenters. The van der Waals surface area contributed by atoms with Gasteiger partial charge in [-0.2, -0.15) is 0 Å². The van der Waals surface area contributed by atoms with Crippen molar-refractivity contribution in [3.05, 3.63) is 0 Å². The summed E-state index contributed by atoms with van der Waals surface area (Å²) in [5.74, 6) is 0.610. The molecule has 0 aromatic heterocycles. The second-order valence-corrected chi connectivity index (χ2v) is 6.14. The van der Waals surface area contributed by atoms with Crippen LogP contribution in [-0.2, 0) is 4.74 Å². The van der Waals surface area contributed by atoms with Crippen LogP contribution in [0, 0.1) is 11.3 Å². The van der Waals surface area contributed by atoms with E-state index >= 15 is 0 Å². The first-order valence-corrected chi connectivity index (χ1v) is 6.04. The highest BCUT2D eigenvalue weighted by Gasteiger charge is 2.56. The van der Waals surface area contributed by atoms with Gasteiger partial charge in [-0.25, -0.2) is 4.79 Å². The SMILES string of the molecule is CC(C)(C)OC(=O)N1CC[C@@]2(CN)C[C@H]2C1. The fraction of sp³-hybridized carbons (Fsp3) is 0.917. The number of likely N-dealkylation sites (tertiary alicyclic amines) is 1. The molecule has 1 saturated heterocycles. The first-order chi connectivity index (χ1) is 7.36. The standard InChI is InChI=1S/C12H22N2O2/c1-11(2,3)16-10(15)14-5-4-12(8-13)6-9(12)7-14/h9H,4-8,13H2,1-3H3/t9-,12-/m0/s1. The quantitative estimate of drug-likeness (QED) is 0.738. The lowest BCUT2D eigenvalue weighted by Crippen LogP contribution is -2.43. The Hall–Kier alpha value is -0.770. The van der Waals surface area contributed by atoms with Crippen molar-refractivity contribution in [2.45, 2.75) is 39.2 Å². The maximum absolute atomic E-state index is 11.8. The first-order valence-electron chi connectivity index (χ1n) is 6.04. The normalized spacial score (nSPS) is 33.2. The van der Waals surface area contributed by atoms with E-state index in [1.54, 1.807) is 0 Å². The Kier molecular flexibility index (Phi) is 2.65. The summed E-state index contributed by atoms with van der Waals surface area (Å²) in [5, 5.41) is 0. The van der Waals surface area contributed by atoms with Crippen LogP contribution in [0.4, 0.5) is 4.79 Å². The maximum Gasteiger partial charge on any atom is 0.410 e. The van der Waals surface area contributed by atoms with Gasteiger partial charge in [0.2, 0.25) is 0 Å². The number of carbonyl (C=O) groups excluding carboxylic acids is 1. The molecule has 16 heavy (non-hydrogen) atoms. The highest BCUT2D eigenvalue weighted by molar-refractivity contribution is 5.68. The number of amides is 1. The summed E-state index contributed by atoms with van der Waals surface area (Å²) in [4.78, 5) is 13.7. The molecular formula is C12H22N2O2. The van der Waals surface area contributed by atoms with Crippen LogP contribution in [0.25, 0.3) is 0 Å². The number of nitrogens with zero attached hydrogens (tertiary/aromatic N) is 1. The number of hydrogen-bond acceptors (Lipinski definition) is 3. The lowest BCUT2D eigenvalue weighted by Gasteiger charge is -2.32. The molecule has 0 aromatic carbocycles. The van der Waals surface area contributed by atoms with Crippen molar-refractivity contribution in [2.75, 3.05) is 19.6 Å². The third-order valence-electron chi connectivity index (χ3n) is 3.74. The number of carbonyl (C=O) groups is 1. The van der Waals surface area contributed by atoms with Gasteiger partial charge < -0.3 is 15.4 Å². The lowest BCUT2D eigenvalue weighted by molar-refractivity contribution is 0.0180. The molecule has 1 heterocycles. The Morgan fingerprint density at radius 3 is 2.75 bits per heavy atom. The van der Waals surface area contributed by atoms with Gasteiger partial charge in [-0.05, 0) is 51.5 Å². The summed E-state index contributed by atoms with van der Waals surface area (Å²) in [5.41, 5.74) is 5.73. The molecule has 2 aliphatic rings. The molecule has 4 nitrogen and oxygen atoms in total. The van der Waals surface area contributed by atoms with Crippen LogP contribution < -0.4 is 5.73 Å². The van der Waals surface area contributed by atoms with Crippen molar-refractivity contribution >= 4 is 6.09 Å². The summed E-state index contributed by atoms with van der Waals surface area (Å²) in [6.07, 6.45) is 2.04. The van der Waals surface area contributed by atoms with Gasteiger partial charge in [0.05, 0.1) is 0 Å². The second-order valence-electron chi connectivity index (χ2n) is 6.14. The highest BCUT2D eigenvalue weighted by Crippen LogP contribution is 2.57. The molecule has 0 unspecified atom stereocenters. The average Bonchev–Trinajstić information content (AvgIpc) is 2.88. The van der Waals surface area contributed by atoms with E-state index in [1.807, 2.05) is 25.7 Å². The summed E-state index contributed by atoms with van der Waals surface area (Å²) in [6, 6.07) is 0. The van der Waals surface area contributed by atoms with Gasteiger partial charge in [0, 0.05) is 13.1 Å². The van der Waals surface area contributed by atoms with Crippen molar-refractivity contribution in [3.63, 3.8) is 0 Å². The smallest absolute Gasteiger partial charge is 0.410 e. The van der Waals surface area contributed by atoms with Crippen LogP contribution in [0.3, 0.4) is 0 Å². The maximum atomic E-state index is 11.8. The van der Waals surface area contributed by atoms with Gasteiger partial charge in [0.15, 0.2) is 0 Å². The van der Waals surface area contributed by atoms with Crippen LogP contribution in [0.5, 0.6) is 0 Å².